The van der Waals surface area contributed by atoms with E-state index in [0.29, 0.717) is 0 Å². The summed E-state index contributed by atoms with van der Waals surface area (Å²) in [7, 11) is 0. The number of aliphatic hydroxyl groups excluding tert-OH is 1. The fraction of sp³-hybridized carbons (Fsp3) is 0.235. The highest BCUT2D eigenvalue weighted by molar-refractivity contribution is 14.1. The fourth-order valence-corrected chi connectivity index (χ4v) is 3.36. The Labute approximate surface area is 177 Å². The third kappa shape index (κ3) is 4.80. The van der Waals surface area contributed by atoms with E-state index in [-0.39, 0.29) is 22.2 Å². The maximum Gasteiger partial charge on any atom is 0.277 e. The molecule has 0 saturated heterocycles. The van der Waals surface area contributed by atoms with E-state index in [1.807, 2.05) is 28.1 Å². The summed E-state index contributed by atoms with van der Waals surface area (Å²) in [5.74, 6) is -3.61. The molecule has 0 spiro atoms. The van der Waals surface area contributed by atoms with Gasteiger partial charge in [0.1, 0.15) is 0 Å². The number of hydrogen-bond acceptors (Lipinski definition) is 4. The first kappa shape index (κ1) is 20.5. The van der Waals surface area contributed by atoms with Gasteiger partial charge in [-0.2, -0.15) is 0 Å². The van der Waals surface area contributed by atoms with E-state index in [0.717, 1.165) is 22.5 Å². The van der Waals surface area contributed by atoms with Crippen molar-refractivity contribution in [2.45, 2.75) is 19.1 Å². The van der Waals surface area contributed by atoms with Gasteiger partial charge in [-0.05, 0) is 59.7 Å². The van der Waals surface area contributed by atoms with Crippen molar-refractivity contribution in [1.29, 1.82) is 0 Å². The number of hydroxylamine groups is 1. The van der Waals surface area contributed by atoms with Crippen molar-refractivity contribution in [2.75, 3.05) is 5.32 Å². The average Bonchev–Trinajstić information content (AvgIpc) is 3.46. The van der Waals surface area contributed by atoms with Gasteiger partial charge in [-0.15, -0.1) is 0 Å². The van der Waals surface area contributed by atoms with Crippen LogP contribution in [0.25, 0.3) is 0 Å². The summed E-state index contributed by atoms with van der Waals surface area (Å²) >= 11 is 13.8. The van der Waals surface area contributed by atoms with E-state index < -0.39 is 34.5 Å². The molecule has 0 heterocycles. The number of carbonyl (C=O) groups is 1. The zero-order valence-electron chi connectivity index (χ0n) is 13.5. The Balaban J connectivity index is 1.91. The number of nitrogens with one attached hydrogen (secondary N) is 2. The van der Waals surface area contributed by atoms with Crippen molar-refractivity contribution in [3.8, 4) is 0 Å². The molecule has 1 unspecified atom stereocenters. The Bertz CT molecular complexity index is 897. The molecule has 0 radical (unpaired) electrons. The lowest BCUT2D eigenvalue weighted by Crippen LogP contribution is -2.31. The van der Waals surface area contributed by atoms with E-state index in [1.165, 1.54) is 0 Å². The van der Waals surface area contributed by atoms with Crippen molar-refractivity contribution in [3.63, 3.8) is 0 Å². The third-order valence-corrected chi connectivity index (χ3v) is 5.15. The maximum absolute atomic E-state index is 14.5. The predicted molar refractivity (Wildman–Crippen MR) is 106 cm³/mol. The van der Waals surface area contributed by atoms with E-state index >= 15 is 0 Å². The van der Waals surface area contributed by atoms with Crippen LogP contribution in [0.3, 0.4) is 0 Å². The molecule has 2 aromatic rings. The van der Waals surface area contributed by atoms with Crippen molar-refractivity contribution in [2.24, 2.45) is 5.92 Å². The Morgan fingerprint density at radius 3 is 2.56 bits per heavy atom. The van der Waals surface area contributed by atoms with Gasteiger partial charge in [-0.1, -0.05) is 23.2 Å². The summed E-state index contributed by atoms with van der Waals surface area (Å²) in [5.41, 5.74) is 1.54. The molecule has 1 saturated carbocycles. The number of halogens is 5. The molecular weight excluding hydrogens is 516 g/mol. The Kier molecular flexibility index (Phi) is 6.42. The van der Waals surface area contributed by atoms with Crippen molar-refractivity contribution < 1.29 is 23.5 Å². The zero-order chi connectivity index (χ0) is 19.7. The lowest BCUT2D eigenvalue weighted by Gasteiger charge is -2.16. The van der Waals surface area contributed by atoms with Gasteiger partial charge in [0.25, 0.3) is 5.91 Å². The molecule has 0 aromatic heterocycles. The van der Waals surface area contributed by atoms with Gasteiger partial charge in [0.2, 0.25) is 0 Å². The van der Waals surface area contributed by atoms with Crippen molar-refractivity contribution in [1.82, 2.24) is 5.48 Å². The first-order valence-corrected chi connectivity index (χ1v) is 9.65. The summed E-state index contributed by atoms with van der Waals surface area (Å²) in [6, 6.07) is 5.84. The molecule has 1 aliphatic carbocycles. The van der Waals surface area contributed by atoms with Crippen LogP contribution in [0, 0.1) is 21.1 Å². The highest BCUT2D eigenvalue weighted by atomic mass is 127. The van der Waals surface area contributed by atoms with Crippen LogP contribution >= 0.6 is 45.8 Å². The number of carbonyl (C=O) groups excluding carboxylic acids is 1. The molecule has 2 aromatic carbocycles. The molecule has 1 atom stereocenters. The van der Waals surface area contributed by atoms with Crippen LogP contribution < -0.4 is 10.8 Å². The van der Waals surface area contributed by atoms with Crippen LogP contribution in [0.5, 0.6) is 0 Å². The average molecular weight is 529 g/mol. The highest BCUT2D eigenvalue weighted by Crippen LogP contribution is 2.35. The quantitative estimate of drug-likeness (QED) is 0.213. The number of aliphatic hydroxyl groups is 1. The first-order chi connectivity index (χ1) is 12.8. The van der Waals surface area contributed by atoms with Gasteiger partial charge in [0, 0.05) is 9.49 Å². The summed E-state index contributed by atoms with van der Waals surface area (Å²) in [6.45, 7) is 0. The largest absolute Gasteiger partial charge is 0.366 e. The summed E-state index contributed by atoms with van der Waals surface area (Å²) in [4.78, 5) is 17.3. The van der Waals surface area contributed by atoms with Crippen molar-refractivity contribution in [3.05, 3.63) is 55.1 Å². The normalized spacial score (nSPS) is 14.7. The molecule has 144 valence electrons. The highest BCUT2D eigenvalue weighted by Gasteiger charge is 2.32. The minimum absolute atomic E-state index is 0.0537. The number of hydrogen-bond donors (Lipinski definition) is 3. The molecule has 0 aliphatic heterocycles. The van der Waals surface area contributed by atoms with Gasteiger partial charge >= 0.3 is 0 Å². The second-order valence-electron chi connectivity index (χ2n) is 5.94. The van der Waals surface area contributed by atoms with E-state index in [4.69, 9.17) is 28.0 Å². The van der Waals surface area contributed by atoms with Crippen LogP contribution in [-0.4, -0.2) is 17.3 Å². The van der Waals surface area contributed by atoms with Gasteiger partial charge in [-0.3, -0.25) is 4.79 Å². The predicted octanol–water partition coefficient (Wildman–Crippen LogP) is 5.01. The Morgan fingerprint density at radius 1 is 1.22 bits per heavy atom. The van der Waals surface area contributed by atoms with Gasteiger partial charge < -0.3 is 10.4 Å². The van der Waals surface area contributed by atoms with Crippen molar-refractivity contribution >= 4 is 63.1 Å². The Morgan fingerprint density at radius 2 is 1.93 bits per heavy atom. The van der Waals surface area contributed by atoms with Crippen LogP contribution in [0.15, 0.2) is 24.3 Å². The van der Waals surface area contributed by atoms with Crippen LogP contribution in [0.1, 0.15) is 23.2 Å². The van der Waals surface area contributed by atoms with E-state index in [2.05, 4.69) is 5.32 Å². The second-order valence-corrected chi connectivity index (χ2v) is 8.00. The van der Waals surface area contributed by atoms with Gasteiger partial charge in [0.05, 0.1) is 27.0 Å². The minimum Gasteiger partial charge on any atom is -0.366 e. The number of anilines is 2. The lowest BCUT2D eigenvalue weighted by molar-refractivity contribution is -0.145. The standard InChI is InChI=1S/C17H13Cl2F2IN2O3/c18-10-5-8(22)3-4-12(10)23-15-9(6-11(19)13(20)14(15)21)16(25)24-27-17(26)7-1-2-7/h3-7,17,23,26H,1-2H2,(H,24,25). The van der Waals surface area contributed by atoms with Gasteiger partial charge in [0.15, 0.2) is 17.9 Å². The topological polar surface area (TPSA) is 70.6 Å². The summed E-state index contributed by atoms with van der Waals surface area (Å²) in [6.07, 6.45) is 0.398. The molecule has 3 N–H and O–H groups in total. The Hall–Kier alpha value is -1.20. The maximum atomic E-state index is 14.5. The molecule has 5 nitrogen and oxygen atoms in total. The molecule has 3 rings (SSSR count). The van der Waals surface area contributed by atoms with Crippen LogP contribution in [0.4, 0.5) is 20.2 Å². The summed E-state index contributed by atoms with van der Waals surface area (Å²) in [5, 5.41) is 12.0. The third-order valence-electron chi connectivity index (χ3n) is 3.90. The van der Waals surface area contributed by atoms with E-state index in [1.54, 1.807) is 18.2 Å². The molecular formula is C17H13Cl2F2IN2O3. The molecule has 1 aliphatic rings. The monoisotopic (exact) mass is 528 g/mol. The molecule has 0 bridgehead atoms. The fourth-order valence-electron chi connectivity index (χ4n) is 2.27. The SMILES string of the molecule is O=C(NOC(O)C1CC1)c1cc(Cl)c(F)c(F)c1Nc1ccc(I)cc1Cl. The van der Waals surface area contributed by atoms with Crippen LogP contribution in [0.2, 0.25) is 10.0 Å². The molecule has 10 heteroatoms. The number of rotatable bonds is 6. The first-order valence-electron chi connectivity index (χ1n) is 7.81. The van der Waals surface area contributed by atoms with Crippen LogP contribution in [-0.2, 0) is 4.84 Å². The van der Waals surface area contributed by atoms with E-state index in [9.17, 15) is 18.7 Å². The number of benzene rings is 2. The molecule has 27 heavy (non-hydrogen) atoms. The summed E-state index contributed by atoms with van der Waals surface area (Å²) < 4.78 is 29.3. The minimum atomic E-state index is -1.34. The molecule has 1 fully saturated rings. The smallest absolute Gasteiger partial charge is 0.277 e. The second kappa shape index (κ2) is 8.44. The number of amides is 1. The zero-order valence-corrected chi connectivity index (χ0v) is 17.2. The van der Waals surface area contributed by atoms with Gasteiger partial charge in [-0.25, -0.2) is 19.1 Å². The lowest BCUT2D eigenvalue weighted by atomic mass is 10.1. The molecule has 1 amide bonds.